The zero-order valence-electron chi connectivity index (χ0n) is 30.8. The van der Waals surface area contributed by atoms with Crippen LogP contribution in [0.5, 0.6) is 11.5 Å². The van der Waals surface area contributed by atoms with Gasteiger partial charge in [-0.25, -0.2) is 15.0 Å². The molecule has 1 aliphatic heterocycles. The van der Waals surface area contributed by atoms with Crippen molar-refractivity contribution in [3.8, 4) is 90.2 Å². The third kappa shape index (κ3) is 5.74. The fraction of sp³-hybridized carbons (Fsp3) is 0. The quantitative estimate of drug-likeness (QED) is 0.171. The molecular weight excluding hydrogens is 695 g/mol. The molecular formula is C53H33N3O. The number of fused-ring (bicyclic) bond motifs is 3. The van der Waals surface area contributed by atoms with Crippen LogP contribution in [-0.2, 0) is 0 Å². The Balaban J connectivity index is 1.03. The van der Waals surface area contributed by atoms with E-state index in [9.17, 15) is 0 Å². The van der Waals surface area contributed by atoms with E-state index in [1.807, 2.05) is 36.4 Å². The van der Waals surface area contributed by atoms with Crippen LogP contribution in [0.15, 0.2) is 200 Å². The van der Waals surface area contributed by atoms with E-state index in [0.29, 0.717) is 17.5 Å². The van der Waals surface area contributed by atoms with E-state index in [4.69, 9.17) is 19.7 Å². The Morgan fingerprint density at radius 2 is 0.737 bits per heavy atom. The first kappa shape index (κ1) is 32.7. The lowest BCUT2D eigenvalue weighted by Gasteiger charge is -2.23. The van der Waals surface area contributed by atoms with Crippen LogP contribution in [-0.4, -0.2) is 15.0 Å². The Kier molecular flexibility index (Phi) is 7.78. The topological polar surface area (TPSA) is 47.9 Å². The Hall–Kier alpha value is -7.69. The second kappa shape index (κ2) is 13.6. The van der Waals surface area contributed by atoms with Gasteiger partial charge in [-0.2, -0.15) is 0 Å². The number of hydrogen-bond acceptors (Lipinski definition) is 4. The number of rotatable bonds is 6. The summed E-state index contributed by atoms with van der Waals surface area (Å²) in [6.45, 7) is 0. The first-order valence-corrected chi connectivity index (χ1v) is 19.2. The van der Waals surface area contributed by atoms with E-state index in [1.165, 1.54) is 27.6 Å². The van der Waals surface area contributed by atoms with Gasteiger partial charge in [0.2, 0.25) is 0 Å². The van der Waals surface area contributed by atoms with Crippen LogP contribution < -0.4 is 4.74 Å². The Bertz CT molecular complexity index is 3130. The largest absolute Gasteiger partial charge is 0.456 e. The zero-order valence-corrected chi connectivity index (χ0v) is 30.8. The number of hydrogen-bond donors (Lipinski definition) is 0. The highest BCUT2D eigenvalue weighted by Crippen LogP contribution is 2.50. The molecule has 266 valence electrons. The van der Waals surface area contributed by atoms with E-state index in [1.54, 1.807) is 0 Å². The number of aromatic nitrogens is 3. The monoisotopic (exact) mass is 727 g/mol. The summed E-state index contributed by atoms with van der Waals surface area (Å²) >= 11 is 0. The zero-order chi connectivity index (χ0) is 37.7. The van der Waals surface area contributed by atoms with Crippen molar-refractivity contribution < 1.29 is 4.74 Å². The van der Waals surface area contributed by atoms with Crippen molar-refractivity contribution in [1.29, 1.82) is 0 Å². The number of benzene rings is 9. The van der Waals surface area contributed by atoms with Crippen LogP contribution in [0, 0.1) is 0 Å². The van der Waals surface area contributed by atoms with E-state index >= 15 is 0 Å². The molecule has 0 atom stereocenters. The summed E-state index contributed by atoms with van der Waals surface area (Å²) in [4.78, 5) is 15.3. The summed E-state index contributed by atoms with van der Waals surface area (Å²) in [5, 5.41) is 4.51. The molecule has 0 spiro atoms. The molecule has 0 N–H and O–H groups in total. The van der Waals surface area contributed by atoms with Gasteiger partial charge in [-0.3, -0.25) is 0 Å². The van der Waals surface area contributed by atoms with E-state index in [2.05, 4.69) is 164 Å². The smallest absolute Gasteiger partial charge is 0.164 e. The normalized spacial score (nSPS) is 11.6. The summed E-state index contributed by atoms with van der Waals surface area (Å²) < 4.78 is 6.60. The van der Waals surface area contributed by atoms with Crippen LogP contribution in [0.2, 0.25) is 0 Å². The maximum atomic E-state index is 6.60. The average molecular weight is 728 g/mol. The molecule has 10 aromatic rings. The molecule has 0 unspecified atom stereocenters. The van der Waals surface area contributed by atoms with Crippen LogP contribution >= 0.6 is 0 Å². The van der Waals surface area contributed by atoms with E-state index in [0.717, 1.165) is 66.6 Å². The molecule has 4 heteroatoms. The van der Waals surface area contributed by atoms with Gasteiger partial charge in [-0.15, -0.1) is 0 Å². The van der Waals surface area contributed by atoms with E-state index in [-0.39, 0.29) is 0 Å². The molecule has 2 heterocycles. The van der Waals surface area contributed by atoms with Gasteiger partial charge >= 0.3 is 0 Å². The predicted octanol–water partition coefficient (Wildman–Crippen LogP) is 14.0. The molecule has 4 nitrogen and oxygen atoms in total. The molecule has 57 heavy (non-hydrogen) atoms. The van der Waals surface area contributed by atoms with Crippen molar-refractivity contribution in [3.63, 3.8) is 0 Å². The van der Waals surface area contributed by atoms with Gasteiger partial charge in [0, 0.05) is 27.6 Å². The van der Waals surface area contributed by atoms with Gasteiger partial charge in [0.25, 0.3) is 0 Å². The average Bonchev–Trinajstić information content (AvgIpc) is 3.29. The van der Waals surface area contributed by atoms with Gasteiger partial charge in [-0.1, -0.05) is 176 Å². The van der Waals surface area contributed by atoms with Crippen LogP contribution in [0.25, 0.3) is 100 Å². The summed E-state index contributed by atoms with van der Waals surface area (Å²) in [5.41, 5.74) is 12.0. The van der Waals surface area contributed by atoms with Crippen molar-refractivity contribution >= 4 is 21.5 Å². The first-order valence-electron chi connectivity index (χ1n) is 19.2. The molecule has 1 aliphatic rings. The summed E-state index contributed by atoms with van der Waals surface area (Å²) in [5.74, 6) is 3.64. The lowest BCUT2D eigenvalue weighted by atomic mass is 9.88. The minimum absolute atomic E-state index is 0.630. The molecule has 0 bridgehead atoms. The molecule has 0 radical (unpaired) electrons. The maximum absolute atomic E-state index is 6.60. The van der Waals surface area contributed by atoms with Crippen molar-refractivity contribution in [2.24, 2.45) is 0 Å². The fourth-order valence-electron chi connectivity index (χ4n) is 8.20. The summed E-state index contributed by atoms with van der Waals surface area (Å²) in [6, 6.07) is 69.8. The van der Waals surface area contributed by atoms with Crippen molar-refractivity contribution in [1.82, 2.24) is 15.0 Å². The Morgan fingerprint density at radius 3 is 1.46 bits per heavy atom. The highest BCUT2D eigenvalue weighted by atomic mass is 16.5. The third-order valence-corrected chi connectivity index (χ3v) is 11.0. The van der Waals surface area contributed by atoms with Gasteiger partial charge < -0.3 is 4.74 Å². The van der Waals surface area contributed by atoms with Gasteiger partial charge in [0.15, 0.2) is 17.5 Å². The Morgan fingerprint density at radius 1 is 0.263 bits per heavy atom. The number of ether oxygens (including phenoxy) is 1. The molecule has 0 fully saturated rings. The Labute approximate surface area is 330 Å². The van der Waals surface area contributed by atoms with Crippen molar-refractivity contribution in [3.05, 3.63) is 200 Å². The minimum atomic E-state index is 0.630. The van der Waals surface area contributed by atoms with E-state index < -0.39 is 0 Å². The summed E-state index contributed by atoms with van der Waals surface area (Å²) in [7, 11) is 0. The summed E-state index contributed by atoms with van der Waals surface area (Å²) in [6.07, 6.45) is 0. The minimum Gasteiger partial charge on any atom is -0.456 e. The van der Waals surface area contributed by atoms with Crippen molar-refractivity contribution in [2.45, 2.75) is 0 Å². The van der Waals surface area contributed by atoms with Crippen LogP contribution in [0.4, 0.5) is 0 Å². The molecule has 1 aromatic heterocycles. The van der Waals surface area contributed by atoms with Crippen molar-refractivity contribution in [2.75, 3.05) is 0 Å². The third-order valence-electron chi connectivity index (χ3n) is 11.0. The molecule has 11 rings (SSSR count). The molecule has 0 amide bonds. The highest BCUT2D eigenvalue weighted by Gasteiger charge is 2.23. The molecule has 0 saturated heterocycles. The molecule has 9 aromatic carbocycles. The first-order chi connectivity index (χ1) is 28.2. The van der Waals surface area contributed by atoms with Gasteiger partial charge in [0.05, 0.1) is 0 Å². The maximum Gasteiger partial charge on any atom is 0.164 e. The second-order valence-electron chi connectivity index (χ2n) is 14.3. The van der Waals surface area contributed by atoms with Crippen LogP contribution in [0.1, 0.15) is 0 Å². The fourth-order valence-corrected chi connectivity index (χ4v) is 8.20. The van der Waals surface area contributed by atoms with Gasteiger partial charge in [-0.05, 0) is 79.4 Å². The van der Waals surface area contributed by atoms with Crippen LogP contribution in [0.3, 0.4) is 0 Å². The highest BCUT2D eigenvalue weighted by molar-refractivity contribution is 6.11. The second-order valence-corrected chi connectivity index (χ2v) is 14.3. The number of nitrogens with zero attached hydrogens (tertiary/aromatic N) is 3. The van der Waals surface area contributed by atoms with Gasteiger partial charge in [0.1, 0.15) is 11.5 Å². The SMILES string of the molecule is c1ccc(-c2ccc(-c3nc(-c4ccccc4)nc(-c4ccc(-c5ccc6c(c5)-c5cccc7c(-c8ccccc8)ccc(c57)O6)c5ccccc45)n3)cc2)cc1. The lowest BCUT2D eigenvalue weighted by Crippen LogP contribution is -2.01. The predicted molar refractivity (Wildman–Crippen MR) is 233 cm³/mol. The molecule has 0 saturated carbocycles. The lowest BCUT2D eigenvalue weighted by molar-refractivity contribution is 0.487. The standard InChI is InChI=1S/C53H33N3O/c1-4-13-34(14-5-1)35-23-25-38(26-24-35)52-54-51(37-17-8-3-9-18-37)55-53(56-52)46-29-28-41(42-19-10-11-20-43(42)46)39-27-31-48-47(33-39)45-22-12-21-44-40(36-15-6-2-7-16-36)30-32-49(57-48)50(44)45/h1-33H. The molecule has 0 aliphatic carbocycles.